The molecule has 0 spiro atoms. The highest BCUT2D eigenvalue weighted by Gasteiger charge is 2.37. The summed E-state index contributed by atoms with van der Waals surface area (Å²) in [7, 11) is 0. The van der Waals surface area contributed by atoms with Gasteiger partial charge in [-0.15, -0.1) is 0 Å². The number of carbonyl (C=O) groups is 1. The van der Waals surface area contributed by atoms with E-state index in [0.29, 0.717) is 0 Å². The summed E-state index contributed by atoms with van der Waals surface area (Å²) in [6.45, 7) is 5.89. The van der Waals surface area contributed by atoms with E-state index in [9.17, 15) is 4.79 Å². The Kier molecular flexibility index (Phi) is 2.89. The molecule has 0 radical (unpaired) electrons. The average molecular weight is 265 g/mol. The minimum atomic E-state index is -0.485. The number of fused-ring (bicyclic) bond motifs is 1. The molecule has 2 aromatic rings. The maximum Gasteiger partial charge on any atom is 0.164 e. The molecule has 0 fully saturated rings. The van der Waals surface area contributed by atoms with Crippen LogP contribution in [0.25, 0.3) is 11.1 Å². The predicted octanol–water partition coefficient (Wildman–Crippen LogP) is 4.23. The molecule has 1 aliphatic heterocycles. The Morgan fingerprint density at radius 1 is 1.00 bits per heavy atom. The molecular formula is C18H19NO. The van der Waals surface area contributed by atoms with Crippen LogP contribution in [0.15, 0.2) is 48.5 Å². The molecule has 20 heavy (non-hydrogen) atoms. The second-order valence-corrected chi connectivity index (χ2v) is 6.00. The van der Waals surface area contributed by atoms with Gasteiger partial charge in [-0.05, 0) is 42.7 Å². The molecule has 2 aromatic carbocycles. The number of rotatable bonds is 1. The van der Waals surface area contributed by atoms with Crippen molar-refractivity contribution in [3.8, 4) is 11.1 Å². The number of hydrogen-bond acceptors (Lipinski definition) is 2. The molecule has 0 saturated heterocycles. The summed E-state index contributed by atoms with van der Waals surface area (Å²) in [6.07, 6.45) is 0. The van der Waals surface area contributed by atoms with Crippen molar-refractivity contribution in [3.05, 3.63) is 54.1 Å². The van der Waals surface area contributed by atoms with Gasteiger partial charge in [0.1, 0.15) is 0 Å². The van der Waals surface area contributed by atoms with Crippen LogP contribution in [0.5, 0.6) is 0 Å². The van der Waals surface area contributed by atoms with Gasteiger partial charge in [-0.2, -0.15) is 0 Å². The zero-order valence-electron chi connectivity index (χ0n) is 12.1. The molecule has 3 rings (SSSR count). The van der Waals surface area contributed by atoms with E-state index in [2.05, 4.69) is 35.6 Å². The third-order valence-corrected chi connectivity index (χ3v) is 4.08. The molecule has 0 bridgehead atoms. The summed E-state index contributed by atoms with van der Waals surface area (Å²) in [4.78, 5) is 12.4. The summed E-state index contributed by atoms with van der Waals surface area (Å²) in [6, 6.07) is 16.6. The number of anilines is 1. The number of Topliss-reactive ketones (excluding diaryl/α,β-unsaturated/α-hetero) is 1. The van der Waals surface area contributed by atoms with Crippen LogP contribution in [0.4, 0.5) is 5.69 Å². The van der Waals surface area contributed by atoms with Crippen molar-refractivity contribution in [2.24, 2.45) is 0 Å². The smallest absolute Gasteiger partial charge is 0.164 e. The highest BCUT2D eigenvalue weighted by Crippen LogP contribution is 2.38. The fourth-order valence-electron chi connectivity index (χ4n) is 2.93. The van der Waals surface area contributed by atoms with E-state index >= 15 is 0 Å². The molecule has 0 aliphatic carbocycles. The molecule has 1 atom stereocenters. The van der Waals surface area contributed by atoms with Gasteiger partial charge in [0.05, 0.1) is 5.54 Å². The molecular weight excluding hydrogens is 246 g/mol. The van der Waals surface area contributed by atoms with Gasteiger partial charge in [0.25, 0.3) is 0 Å². The first-order valence-corrected chi connectivity index (χ1v) is 7.01. The Morgan fingerprint density at radius 3 is 2.40 bits per heavy atom. The van der Waals surface area contributed by atoms with Crippen LogP contribution in [0, 0.1) is 0 Å². The fourth-order valence-corrected chi connectivity index (χ4v) is 2.93. The molecule has 1 aliphatic rings. The lowest BCUT2D eigenvalue weighted by Crippen LogP contribution is -2.46. The first-order chi connectivity index (χ1) is 9.49. The van der Waals surface area contributed by atoms with Crippen LogP contribution in [-0.4, -0.2) is 11.3 Å². The van der Waals surface area contributed by atoms with Crippen molar-refractivity contribution in [1.29, 1.82) is 0 Å². The van der Waals surface area contributed by atoms with Gasteiger partial charge in [-0.1, -0.05) is 43.3 Å². The van der Waals surface area contributed by atoms with Gasteiger partial charge >= 0.3 is 0 Å². The van der Waals surface area contributed by atoms with E-state index in [1.54, 1.807) is 0 Å². The third-order valence-electron chi connectivity index (χ3n) is 4.08. The minimum Gasteiger partial charge on any atom is -0.373 e. The maximum absolute atomic E-state index is 12.4. The molecule has 1 heterocycles. The first kappa shape index (κ1) is 12.9. The largest absolute Gasteiger partial charge is 0.373 e. The van der Waals surface area contributed by atoms with Crippen molar-refractivity contribution in [3.63, 3.8) is 0 Å². The second kappa shape index (κ2) is 4.48. The standard InChI is InChI=1S/C18H19NO/c1-12-15-11-14(13-7-5-4-6-8-13)9-10-16(15)19-18(2,3)17(12)20/h4-12,19H,1-3H3. The zero-order chi connectivity index (χ0) is 14.3. The fraction of sp³-hybridized carbons (Fsp3) is 0.278. The van der Waals surface area contributed by atoms with Gasteiger partial charge < -0.3 is 5.32 Å². The van der Waals surface area contributed by atoms with E-state index in [0.717, 1.165) is 16.8 Å². The zero-order valence-corrected chi connectivity index (χ0v) is 12.1. The molecule has 1 unspecified atom stereocenters. The van der Waals surface area contributed by atoms with Crippen LogP contribution in [0.3, 0.4) is 0 Å². The Balaban J connectivity index is 2.09. The molecule has 2 nitrogen and oxygen atoms in total. The number of hydrogen-bond donors (Lipinski definition) is 1. The topological polar surface area (TPSA) is 29.1 Å². The highest BCUT2D eigenvalue weighted by atomic mass is 16.1. The monoisotopic (exact) mass is 265 g/mol. The molecule has 0 saturated carbocycles. The first-order valence-electron chi connectivity index (χ1n) is 7.01. The third kappa shape index (κ3) is 2.01. The van der Waals surface area contributed by atoms with E-state index in [-0.39, 0.29) is 11.7 Å². The molecule has 0 amide bonds. The van der Waals surface area contributed by atoms with Crippen LogP contribution >= 0.6 is 0 Å². The Morgan fingerprint density at radius 2 is 1.70 bits per heavy atom. The van der Waals surface area contributed by atoms with Gasteiger partial charge in [0, 0.05) is 11.6 Å². The molecule has 102 valence electrons. The summed E-state index contributed by atoms with van der Waals surface area (Å²) in [5.74, 6) is 0.181. The summed E-state index contributed by atoms with van der Waals surface area (Å²) in [5, 5.41) is 3.35. The summed E-state index contributed by atoms with van der Waals surface area (Å²) < 4.78 is 0. The summed E-state index contributed by atoms with van der Waals surface area (Å²) in [5.41, 5.74) is 4.02. The lowest BCUT2D eigenvalue weighted by molar-refractivity contribution is -0.123. The van der Waals surface area contributed by atoms with Crippen LogP contribution in [0.2, 0.25) is 0 Å². The van der Waals surface area contributed by atoms with Crippen molar-refractivity contribution in [2.75, 3.05) is 5.32 Å². The minimum absolute atomic E-state index is 0.0649. The number of nitrogens with one attached hydrogen (secondary N) is 1. The maximum atomic E-state index is 12.4. The van der Waals surface area contributed by atoms with Gasteiger partial charge in [0.2, 0.25) is 0 Å². The van der Waals surface area contributed by atoms with Gasteiger partial charge in [-0.3, -0.25) is 4.79 Å². The number of carbonyl (C=O) groups excluding carboxylic acids is 1. The van der Waals surface area contributed by atoms with Crippen LogP contribution in [-0.2, 0) is 4.79 Å². The van der Waals surface area contributed by atoms with Crippen molar-refractivity contribution < 1.29 is 4.79 Å². The molecule has 0 aromatic heterocycles. The SMILES string of the molecule is CC1C(=O)C(C)(C)Nc2ccc(-c3ccccc3)cc21. The van der Waals surface area contributed by atoms with Crippen molar-refractivity contribution in [2.45, 2.75) is 32.2 Å². The average Bonchev–Trinajstić information content (AvgIpc) is 2.45. The van der Waals surface area contributed by atoms with E-state index in [1.165, 1.54) is 5.56 Å². The van der Waals surface area contributed by atoms with Crippen molar-refractivity contribution in [1.82, 2.24) is 0 Å². The van der Waals surface area contributed by atoms with Gasteiger partial charge in [-0.25, -0.2) is 0 Å². The van der Waals surface area contributed by atoms with Crippen molar-refractivity contribution >= 4 is 11.5 Å². The Labute approximate surface area is 119 Å². The highest BCUT2D eigenvalue weighted by molar-refractivity contribution is 5.99. The number of ketones is 1. The number of benzene rings is 2. The quantitative estimate of drug-likeness (QED) is 0.836. The predicted molar refractivity (Wildman–Crippen MR) is 83.0 cm³/mol. The lowest BCUT2D eigenvalue weighted by Gasteiger charge is -2.36. The van der Waals surface area contributed by atoms with E-state index < -0.39 is 5.54 Å². The Bertz CT molecular complexity index is 658. The molecule has 2 heteroatoms. The van der Waals surface area contributed by atoms with E-state index in [1.807, 2.05) is 39.0 Å². The molecule has 1 N–H and O–H groups in total. The summed E-state index contributed by atoms with van der Waals surface area (Å²) >= 11 is 0. The second-order valence-electron chi connectivity index (χ2n) is 6.00. The Hall–Kier alpha value is -2.09. The lowest BCUT2D eigenvalue weighted by atomic mass is 9.80. The van der Waals surface area contributed by atoms with E-state index in [4.69, 9.17) is 0 Å². The van der Waals surface area contributed by atoms with Crippen LogP contribution < -0.4 is 5.32 Å². The van der Waals surface area contributed by atoms with Crippen LogP contribution in [0.1, 0.15) is 32.3 Å². The van der Waals surface area contributed by atoms with Gasteiger partial charge in [0.15, 0.2) is 5.78 Å². The normalized spacial score (nSPS) is 20.1.